The van der Waals surface area contributed by atoms with E-state index < -0.39 is 10.5 Å². The summed E-state index contributed by atoms with van der Waals surface area (Å²) in [6.07, 6.45) is 0. The fourth-order valence-electron chi connectivity index (χ4n) is 3.68. The van der Waals surface area contributed by atoms with Crippen LogP contribution in [0.5, 0.6) is 5.75 Å². The Bertz CT molecular complexity index is 1490. The molecule has 5 aromatic rings. The number of non-ortho nitro benzene ring substituents is 1. The van der Waals surface area contributed by atoms with Crippen LogP contribution in [0.4, 0.5) is 5.69 Å². The van der Waals surface area contributed by atoms with E-state index in [0.717, 1.165) is 5.56 Å². The van der Waals surface area contributed by atoms with Gasteiger partial charge in [0.2, 0.25) is 0 Å². The van der Waals surface area contributed by atoms with E-state index in [4.69, 9.17) is 13.6 Å². The maximum atomic E-state index is 13.0. The zero-order valence-electron chi connectivity index (χ0n) is 16.3. The van der Waals surface area contributed by atoms with Gasteiger partial charge in [-0.2, -0.15) is 0 Å². The van der Waals surface area contributed by atoms with Crippen molar-refractivity contribution in [2.75, 3.05) is 7.11 Å². The summed E-state index contributed by atoms with van der Waals surface area (Å²) in [5, 5.41) is 12.0. The second kappa shape index (κ2) is 7.14. The fourth-order valence-corrected chi connectivity index (χ4v) is 3.68. The predicted octanol–water partition coefficient (Wildman–Crippen LogP) is 5.79. The number of ether oxygens (including phenoxy) is 1. The fraction of sp³-hybridized carbons (Fsp3) is 0.0417. The van der Waals surface area contributed by atoms with Crippen LogP contribution in [0.15, 0.2) is 86.4 Å². The van der Waals surface area contributed by atoms with Crippen LogP contribution in [0.3, 0.4) is 0 Å². The third kappa shape index (κ3) is 3.03. The second-order valence-electron chi connectivity index (χ2n) is 6.93. The highest BCUT2D eigenvalue weighted by atomic mass is 16.6. The molecule has 2 aromatic heterocycles. The van der Waals surface area contributed by atoms with E-state index in [2.05, 4.69) is 0 Å². The molecule has 0 saturated carbocycles. The Morgan fingerprint density at radius 2 is 1.55 bits per heavy atom. The normalized spacial score (nSPS) is 11.1. The van der Waals surface area contributed by atoms with Gasteiger partial charge in [0, 0.05) is 23.3 Å². The van der Waals surface area contributed by atoms with Crippen molar-refractivity contribution in [3.8, 4) is 28.2 Å². The number of para-hydroxylation sites is 1. The number of rotatable bonds is 4. The Labute approximate surface area is 175 Å². The molecule has 0 N–H and O–H groups in total. The maximum absolute atomic E-state index is 13.0. The molecule has 0 spiro atoms. The molecule has 0 aliphatic carbocycles. The Morgan fingerprint density at radius 3 is 2.23 bits per heavy atom. The molecule has 0 atom stereocenters. The molecular weight excluding hydrogens is 398 g/mol. The lowest BCUT2D eigenvalue weighted by atomic mass is 9.98. The van der Waals surface area contributed by atoms with Crippen LogP contribution >= 0.6 is 0 Å². The van der Waals surface area contributed by atoms with Crippen LogP contribution in [0.25, 0.3) is 44.4 Å². The lowest BCUT2D eigenvalue weighted by molar-refractivity contribution is -0.384. The number of nitrogens with zero attached hydrogens (tertiary/aromatic N) is 1. The molecule has 0 aliphatic heterocycles. The highest BCUT2D eigenvalue weighted by Gasteiger charge is 2.24. The third-order valence-corrected chi connectivity index (χ3v) is 5.17. The third-order valence-electron chi connectivity index (χ3n) is 5.17. The van der Waals surface area contributed by atoms with Crippen LogP contribution in [-0.2, 0) is 0 Å². The Hall–Kier alpha value is -4.39. The molecule has 7 nitrogen and oxygen atoms in total. The minimum Gasteiger partial charge on any atom is -0.497 e. The van der Waals surface area contributed by atoms with Gasteiger partial charge >= 0.3 is 5.63 Å². The van der Waals surface area contributed by atoms with Crippen LogP contribution < -0.4 is 10.4 Å². The summed E-state index contributed by atoms with van der Waals surface area (Å²) in [5.41, 5.74) is 2.11. The largest absolute Gasteiger partial charge is 0.497 e. The maximum Gasteiger partial charge on any atom is 0.348 e. The standard InChI is InChI=1S/C24H15NO6/c1-29-17-12-8-15(9-13-17)22-20(14-6-10-16(11-7-14)25(27)28)21-23(31-22)18-4-2-3-5-19(18)30-24(21)26/h2-13H,1H3. The monoisotopic (exact) mass is 413 g/mol. The zero-order chi connectivity index (χ0) is 21.5. The Kier molecular flexibility index (Phi) is 4.29. The van der Waals surface area contributed by atoms with Crippen molar-refractivity contribution in [2.24, 2.45) is 0 Å². The van der Waals surface area contributed by atoms with Gasteiger partial charge in [-0.25, -0.2) is 4.79 Å². The van der Waals surface area contributed by atoms with Crippen LogP contribution in [0.1, 0.15) is 0 Å². The van der Waals surface area contributed by atoms with Gasteiger partial charge in [0.05, 0.1) is 17.4 Å². The van der Waals surface area contributed by atoms with Gasteiger partial charge in [-0.1, -0.05) is 12.1 Å². The van der Waals surface area contributed by atoms with Crippen molar-refractivity contribution in [3.63, 3.8) is 0 Å². The minimum absolute atomic E-state index is 0.0416. The molecule has 0 fully saturated rings. The number of methoxy groups -OCH3 is 1. The van der Waals surface area contributed by atoms with Gasteiger partial charge in [0.15, 0.2) is 5.58 Å². The van der Waals surface area contributed by atoms with Crippen molar-refractivity contribution in [3.05, 3.63) is 93.3 Å². The summed E-state index contributed by atoms with van der Waals surface area (Å²) < 4.78 is 17.0. The second-order valence-corrected chi connectivity index (χ2v) is 6.93. The molecule has 7 heteroatoms. The van der Waals surface area contributed by atoms with Crippen molar-refractivity contribution in [1.29, 1.82) is 0 Å². The van der Waals surface area contributed by atoms with Gasteiger partial charge in [-0.15, -0.1) is 0 Å². The number of furan rings is 1. The molecule has 5 rings (SSSR count). The van der Waals surface area contributed by atoms with E-state index >= 15 is 0 Å². The molecule has 3 aromatic carbocycles. The van der Waals surface area contributed by atoms with E-state index in [1.54, 1.807) is 43.5 Å². The van der Waals surface area contributed by atoms with Gasteiger partial charge in [0.1, 0.15) is 22.5 Å². The van der Waals surface area contributed by atoms with Crippen LogP contribution in [0, 0.1) is 10.1 Å². The van der Waals surface area contributed by atoms with Crippen molar-refractivity contribution in [1.82, 2.24) is 0 Å². The van der Waals surface area contributed by atoms with Crippen LogP contribution in [0.2, 0.25) is 0 Å². The number of fused-ring (bicyclic) bond motifs is 3. The SMILES string of the molecule is COc1ccc(-c2oc3c(c2-c2ccc([N+](=O)[O-])cc2)c(=O)oc2ccccc23)cc1. The van der Waals surface area contributed by atoms with Gasteiger partial charge in [0.25, 0.3) is 5.69 Å². The molecule has 0 aliphatic rings. The number of hydrogen-bond acceptors (Lipinski definition) is 6. The summed E-state index contributed by atoms with van der Waals surface area (Å²) in [4.78, 5) is 23.6. The number of nitro groups is 1. The predicted molar refractivity (Wildman–Crippen MR) is 116 cm³/mol. The lowest BCUT2D eigenvalue weighted by Gasteiger charge is -2.05. The first-order valence-corrected chi connectivity index (χ1v) is 9.44. The minimum atomic E-state index is -0.537. The van der Waals surface area contributed by atoms with Crippen LogP contribution in [-0.4, -0.2) is 12.0 Å². The average Bonchev–Trinajstić information content (AvgIpc) is 3.21. The molecule has 0 bridgehead atoms. The first-order chi connectivity index (χ1) is 15.1. The molecule has 0 radical (unpaired) electrons. The average molecular weight is 413 g/mol. The summed E-state index contributed by atoms with van der Waals surface area (Å²) >= 11 is 0. The quantitative estimate of drug-likeness (QED) is 0.210. The topological polar surface area (TPSA) is 95.7 Å². The van der Waals surface area contributed by atoms with Gasteiger partial charge < -0.3 is 13.6 Å². The first-order valence-electron chi connectivity index (χ1n) is 9.44. The highest BCUT2D eigenvalue weighted by Crippen LogP contribution is 2.42. The van der Waals surface area contributed by atoms with E-state index in [0.29, 0.717) is 44.6 Å². The smallest absolute Gasteiger partial charge is 0.348 e. The summed E-state index contributed by atoms with van der Waals surface area (Å²) in [6, 6.07) is 20.4. The summed E-state index contributed by atoms with van der Waals surface area (Å²) in [7, 11) is 1.58. The van der Waals surface area contributed by atoms with E-state index in [1.807, 2.05) is 24.3 Å². The Balaban J connectivity index is 1.86. The zero-order valence-corrected chi connectivity index (χ0v) is 16.3. The molecule has 152 valence electrons. The highest BCUT2D eigenvalue weighted by molar-refractivity contribution is 6.10. The van der Waals surface area contributed by atoms with Crippen molar-refractivity contribution < 1.29 is 18.5 Å². The molecule has 31 heavy (non-hydrogen) atoms. The van der Waals surface area contributed by atoms with Gasteiger partial charge in [-0.05, 0) is 54.1 Å². The van der Waals surface area contributed by atoms with Gasteiger partial charge in [-0.3, -0.25) is 10.1 Å². The molecule has 0 saturated heterocycles. The number of benzene rings is 3. The number of nitro benzene ring substituents is 1. The van der Waals surface area contributed by atoms with Crippen molar-refractivity contribution in [2.45, 2.75) is 0 Å². The molecule has 0 unspecified atom stereocenters. The lowest BCUT2D eigenvalue weighted by Crippen LogP contribution is -1.99. The van der Waals surface area contributed by atoms with Crippen molar-refractivity contribution >= 4 is 27.6 Å². The Morgan fingerprint density at radius 1 is 0.871 bits per heavy atom. The molecule has 2 heterocycles. The first kappa shape index (κ1) is 18.6. The summed E-state index contributed by atoms with van der Waals surface area (Å²) in [6.45, 7) is 0. The summed E-state index contributed by atoms with van der Waals surface area (Å²) in [5.74, 6) is 1.15. The van der Waals surface area contributed by atoms with E-state index in [1.165, 1.54) is 12.1 Å². The molecular formula is C24H15NO6. The number of hydrogen-bond donors (Lipinski definition) is 0. The van der Waals surface area contributed by atoms with E-state index in [9.17, 15) is 14.9 Å². The van der Waals surface area contributed by atoms with E-state index in [-0.39, 0.29) is 5.69 Å². The molecule has 0 amide bonds.